The molecule has 3 nitrogen and oxygen atoms in total. The zero-order valence-corrected chi connectivity index (χ0v) is 13.7. The number of thiophene rings is 1. The molecule has 1 aromatic heterocycles. The molecule has 2 aromatic rings. The molecule has 5 heteroatoms. The molecule has 0 radical (unpaired) electrons. The van der Waals surface area contributed by atoms with Gasteiger partial charge in [-0.3, -0.25) is 0 Å². The van der Waals surface area contributed by atoms with Crippen LogP contribution in [0.25, 0.3) is 10.4 Å². The van der Waals surface area contributed by atoms with Crippen molar-refractivity contribution >= 4 is 21.4 Å². The highest BCUT2D eigenvalue weighted by atomic mass is 32.2. The fraction of sp³-hybridized carbons (Fsp3) is 0.333. The topological polar surface area (TPSA) is 46.2 Å². The van der Waals surface area contributed by atoms with Crippen molar-refractivity contribution in [2.75, 3.05) is 0 Å². The molecule has 0 aliphatic heterocycles. The molecule has 0 spiro atoms. The number of rotatable bonds is 3. The van der Waals surface area contributed by atoms with Gasteiger partial charge in [0.1, 0.15) is 4.21 Å². The predicted molar refractivity (Wildman–Crippen MR) is 84.6 cm³/mol. The maximum Gasteiger partial charge on any atom is 0.250 e. The third kappa shape index (κ3) is 3.48. The second-order valence-electron chi connectivity index (χ2n) is 5.79. The van der Waals surface area contributed by atoms with Crippen LogP contribution in [0.3, 0.4) is 0 Å². The van der Waals surface area contributed by atoms with Gasteiger partial charge in [0, 0.05) is 10.4 Å². The number of aryl methyl sites for hydroxylation is 1. The molecule has 0 atom stereocenters. The van der Waals surface area contributed by atoms with Crippen LogP contribution >= 0.6 is 11.3 Å². The Balaban J connectivity index is 2.37. The van der Waals surface area contributed by atoms with E-state index >= 15 is 0 Å². The van der Waals surface area contributed by atoms with Gasteiger partial charge in [-0.05, 0) is 51.0 Å². The van der Waals surface area contributed by atoms with Gasteiger partial charge >= 0.3 is 0 Å². The molecule has 0 saturated heterocycles. The van der Waals surface area contributed by atoms with Gasteiger partial charge in [0.05, 0.1) is 0 Å². The Kier molecular flexibility index (Phi) is 4.04. The van der Waals surface area contributed by atoms with Crippen LogP contribution in [0.5, 0.6) is 0 Å². The first-order chi connectivity index (χ1) is 9.19. The van der Waals surface area contributed by atoms with E-state index in [1.807, 2.05) is 58.0 Å². The molecule has 1 heterocycles. The van der Waals surface area contributed by atoms with E-state index in [1.54, 1.807) is 6.07 Å². The summed E-state index contributed by atoms with van der Waals surface area (Å²) in [6.07, 6.45) is 0. The van der Waals surface area contributed by atoms with Gasteiger partial charge in [-0.2, -0.15) is 0 Å². The van der Waals surface area contributed by atoms with Crippen molar-refractivity contribution in [3.05, 3.63) is 42.0 Å². The summed E-state index contributed by atoms with van der Waals surface area (Å²) < 4.78 is 27.6. The third-order valence-electron chi connectivity index (χ3n) is 2.70. The Morgan fingerprint density at radius 2 is 1.70 bits per heavy atom. The lowest BCUT2D eigenvalue weighted by Crippen LogP contribution is -2.40. The minimum atomic E-state index is -3.45. The summed E-state index contributed by atoms with van der Waals surface area (Å²) in [5.74, 6) is 0. The number of hydrogen-bond donors (Lipinski definition) is 1. The lowest BCUT2D eigenvalue weighted by atomic mass is 10.1. The zero-order chi connectivity index (χ0) is 15.0. The summed E-state index contributed by atoms with van der Waals surface area (Å²) >= 11 is 1.30. The molecule has 0 unspecified atom stereocenters. The van der Waals surface area contributed by atoms with Crippen molar-refractivity contribution in [2.24, 2.45) is 0 Å². The first-order valence-corrected chi connectivity index (χ1v) is 8.69. The van der Waals surface area contributed by atoms with E-state index in [1.165, 1.54) is 11.3 Å². The number of sulfonamides is 1. The van der Waals surface area contributed by atoms with Crippen molar-refractivity contribution in [1.82, 2.24) is 4.72 Å². The van der Waals surface area contributed by atoms with Crippen molar-refractivity contribution in [1.29, 1.82) is 0 Å². The zero-order valence-electron chi connectivity index (χ0n) is 12.1. The number of hydrogen-bond acceptors (Lipinski definition) is 3. The Morgan fingerprint density at radius 3 is 2.30 bits per heavy atom. The normalized spacial score (nSPS) is 12.6. The molecule has 2 rings (SSSR count). The van der Waals surface area contributed by atoms with Crippen molar-refractivity contribution in [3.8, 4) is 10.4 Å². The van der Waals surface area contributed by atoms with Crippen molar-refractivity contribution < 1.29 is 8.42 Å². The standard InChI is InChI=1S/C15H19NO2S2/c1-11-7-5-6-8-12(11)13-9-10-14(19-13)20(17,18)16-15(2,3)4/h5-10,16H,1-4H3. The summed E-state index contributed by atoms with van der Waals surface area (Å²) in [6.45, 7) is 7.53. The van der Waals surface area contributed by atoms with Gasteiger partial charge in [-0.25, -0.2) is 13.1 Å². The van der Waals surface area contributed by atoms with Crippen LogP contribution in [0.1, 0.15) is 26.3 Å². The first-order valence-electron chi connectivity index (χ1n) is 6.39. The quantitative estimate of drug-likeness (QED) is 0.937. The third-order valence-corrected chi connectivity index (χ3v) is 6.07. The van der Waals surface area contributed by atoms with Gasteiger partial charge < -0.3 is 0 Å². The molecule has 0 saturated carbocycles. The lowest BCUT2D eigenvalue weighted by molar-refractivity contribution is 0.492. The van der Waals surface area contributed by atoms with E-state index < -0.39 is 15.6 Å². The highest BCUT2D eigenvalue weighted by molar-refractivity contribution is 7.91. The van der Waals surface area contributed by atoms with Gasteiger partial charge in [0.25, 0.3) is 10.0 Å². The molecule has 0 bridgehead atoms. The van der Waals surface area contributed by atoms with Crippen LogP contribution in [0, 0.1) is 6.92 Å². The van der Waals surface area contributed by atoms with E-state index in [0.29, 0.717) is 4.21 Å². The van der Waals surface area contributed by atoms with Crippen molar-refractivity contribution in [3.63, 3.8) is 0 Å². The van der Waals surface area contributed by atoms with Crippen LogP contribution in [-0.2, 0) is 10.0 Å². The largest absolute Gasteiger partial charge is 0.250 e. The molecule has 1 aromatic carbocycles. The van der Waals surface area contributed by atoms with Gasteiger partial charge in [-0.15, -0.1) is 11.3 Å². The summed E-state index contributed by atoms with van der Waals surface area (Å²) in [6, 6.07) is 11.5. The van der Waals surface area contributed by atoms with E-state index in [-0.39, 0.29) is 0 Å². The molecular formula is C15H19NO2S2. The van der Waals surface area contributed by atoms with E-state index in [0.717, 1.165) is 16.0 Å². The van der Waals surface area contributed by atoms with Crippen molar-refractivity contribution in [2.45, 2.75) is 37.4 Å². The molecular weight excluding hydrogens is 290 g/mol. The molecule has 0 fully saturated rings. The highest BCUT2D eigenvalue weighted by Gasteiger charge is 2.23. The Bertz CT molecular complexity index is 709. The molecule has 1 N–H and O–H groups in total. The average Bonchev–Trinajstić information content (AvgIpc) is 2.76. The maximum absolute atomic E-state index is 12.3. The van der Waals surface area contributed by atoms with E-state index in [9.17, 15) is 8.42 Å². The predicted octanol–water partition coefficient (Wildman–Crippen LogP) is 3.80. The molecule has 0 aliphatic rings. The minimum absolute atomic E-state index is 0.352. The average molecular weight is 309 g/mol. The molecule has 0 amide bonds. The summed E-state index contributed by atoms with van der Waals surface area (Å²) in [5.41, 5.74) is 1.74. The monoisotopic (exact) mass is 309 g/mol. The maximum atomic E-state index is 12.3. The number of benzene rings is 1. The van der Waals surface area contributed by atoms with Crippen LogP contribution in [0.2, 0.25) is 0 Å². The van der Waals surface area contributed by atoms with Crippen LogP contribution in [-0.4, -0.2) is 14.0 Å². The number of nitrogens with one attached hydrogen (secondary N) is 1. The van der Waals surface area contributed by atoms with E-state index in [2.05, 4.69) is 4.72 Å². The Labute approximate surface area is 124 Å². The minimum Gasteiger partial charge on any atom is -0.206 e. The highest BCUT2D eigenvalue weighted by Crippen LogP contribution is 2.32. The Morgan fingerprint density at radius 1 is 1.05 bits per heavy atom. The smallest absolute Gasteiger partial charge is 0.206 e. The fourth-order valence-corrected chi connectivity index (χ4v) is 4.73. The van der Waals surface area contributed by atoms with Gasteiger partial charge in [0.2, 0.25) is 0 Å². The van der Waals surface area contributed by atoms with Gasteiger partial charge in [-0.1, -0.05) is 24.3 Å². The SMILES string of the molecule is Cc1ccccc1-c1ccc(S(=O)(=O)NC(C)(C)C)s1. The second kappa shape index (κ2) is 5.31. The van der Waals surface area contributed by atoms with Crippen LogP contribution in [0.4, 0.5) is 0 Å². The van der Waals surface area contributed by atoms with Crippen LogP contribution < -0.4 is 4.72 Å². The molecule has 20 heavy (non-hydrogen) atoms. The molecule has 108 valence electrons. The Hall–Kier alpha value is -1.17. The summed E-state index contributed by atoms with van der Waals surface area (Å²) in [7, 11) is -3.45. The lowest BCUT2D eigenvalue weighted by Gasteiger charge is -2.19. The summed E-state index contributed by atoms with van der Waals surface area (Å²) in [4.78, 5) is 0.970. The van der Waals surface area contributed by atoms with Crippen LogP contribution in [0.15, 0.2) is 40.6 Å². The van der Waals surface area contributed by atoms with E-state index in [4.69, 9.17) is 0 Å². The fourth-order valence-electron chi connectivity index (χ4n) is 1.91. The van der Waals surface area contributed by atoms with Gasteiger partial charge in [0.15, 0.2) is 0 Å². The summed E-state index contributed by atoms with van der Waals surface area (Å²) in [5, 5.41) is 0. The second-order valence-corrected chi connectivity index (χ2v) is 8.78. The first kappa shape index (κ1) is 15.2. The molecule has 0 aliphatic carbocycles.